The summed E-state index contributed by atoms with van der Waals surface area (Å²) in [5, 5.41) is 5.44. The molecule has 7 nitrogen and oxygen atoms in total. The molecular formula is C21H29F3N4O3. The van der Waals surface area contributed by atoms with Crippen molar-refractivity contribution in [3.63, 3.8) is 0 Å². The predicted molar refractivity (Wildman–Crippen MR) is 111 cm³/mol. The molecule has 0 unspecified atom stereocenters. The lowest BCUT2D eigenvalue weighted by atomic mass is 10.0. The Hall–Kier alpha value is -2.49. The number of morpholine rings is 1. The molecule has 2 saturated heterocycles. The molecule has 10 heteroatoms. The number of hydrogen-bond donors (Lipinski definition) is 2. The van der Waals surface area contributed by atoms with Gasteiger partial charge in [-0.25, -0.2) is 4.79 Å². The van der Waals surface area contributed by atoms with Crippen LogP contribution in [-0.2, 0) is 15.7 Å². The molecule has 0 saturated carbocycles. The summed E-state index contributed by atoms with van der Waals surface area (Å²) in [4.78, 5) is 28.3. The van der Waals surface area contributed by atoms with Crippen LogP contribution >= 0.6 is 0 Å². The zero-order chi connectivity index (χ0) is 22.6. The molecule has 0 aromatic heterocycles. The maximum absolute atomic E-state index is 13.2. The Morgan fingerprint density at radius 1 is 1.10 bits per heavy atom. The number of anilines is 2. The number of carbonyl (C=O) groups is 2. The van der Waals surface area contributed by atoms with Crippen molar-refractivity contribution in [1.29, 1.82) is 0 Å². The van der Waals surface area contributed by atoms with E-state index in [0.717, 1.165) is 12.1 Å². The van der Waals surface area contributed by atoms with Crippen molar-refractivity contribution in [2.24, 2.45) is 5.92 Å². The van der Waals surface area contributed by atoms with Crippen LogP contribution in [0.3, 0.4) is 0 Å². The van der Waals surface area contributed by atoms with Gasteiger partial charge in [-0.15, -0.1) is 0 Å². The summed E-state index contributed by atoms with van der Waals surface area (Å²) in [6.07, 6.45) is -3.30. The topological polar surface area (TPSA) is 73.9 Å². The van der Waals surface area contributed by atoms with Gasteiger partial charge in [-0.3, -0.25) is 4.79 Å². The number of nitrogens with zero attached hydrogens (tertiary/aromatic N) is 2. The zero-order valence-electron chi connectivity index (χ0n) is 17.8. The number of carbonyl (C=O) groups excluding carboxylic acids is 2. The van der Waals surface area contributed by atoms with E-state index < -0.39 is 17.8 Å². The molecule has 1 aromatic rings. The van der Waals surface area contributed by atoms with E-state index in [9.17, 15) is 22.8 Å². The van der Waals surface area contributed by atoms with Crippen LogP contribution in [0, 0.1) is 5.92 Å². The molecule has 3 amide bonds. The van der Waals surface area contributed by atoms with Crippen molar-refractivity contribution in [3.8, 4) is 0 Å². The molecule has 31 heavy (non-hydrogen) atoms. The summed E-state index contributed by atoms with van der Waals surface area (Å²) in [5.41, 5.74) is -0.175. The third kappa shape index (κ3) is 6.03. The number of likely N-dealkylation sites (tertiary alicyclic amines) is 1. The molecule has 0 radical (unpaired) electrons. The van der Waals surface area contributed by atoms with E-state index in [1.165, 1.54) is 6.07 Å². The molecule has 2 fully saturated rings. The summed E-state index contributed by atoms with van der Waals surface area (Å²) < 4.78 is 45.0. The van der Waals surface area contributed by atoms with Gasteiger partial charge < -0.3 is 25.2 Å². The molecule has 2 heterocycles. The third-order valence-electron chi connectivity index (χ3n) is 5.56. The van der Waals surface area contributed by atoms with Gasteiger partial charge in [0.15, 0.2) is 0 Å². The fourth-order valence-corrected chi connectivity index (χ4v) is 3.85. The van der Waals surface area contributed by atoms with Crippen LogP contribution in [0.1, 0.15) is 32.3 Å². The quantitative estimate of drug-likeness (QED) is 0.751. The Morgan fingerprint density at radius 2 is 1.74 bits per heavy atom. The highest BCUT2D eigenvalue weighted by molar-refractivity contribution is 5.93. The SMILES string of the molecule is CC(C)C(=O)N1CCC(NC(=O)Nc2cc(C(F)(F)F)ccc2N2CCOCC2)CC1. The first-order valence-electron chi connectivity index (χ1n) is 10.6. The lowest BCUT2D eigenvalue weighted by Gasteiger charge is -2.34. The maximum Gasteiger partial charge on any atom is 0.416 e. The molecule has 0 atom stereocenters. The molecule has 2 N–H and O–H groups in total. The minimum atomic E-state index is -4.51. The van der Waals surface area contributed by atoms with Gasteiger partial charge in [0.05, 0.1) is 30.2 Å². The minimum absolute atomic E-state index is 0.0766. The number of alkyl halides is 3. The van der Waals surface area contributed by atoms with Gasteiger partial charge in [0.25, 0.3) is 0 Å². The number of halogens is 3. The average molecular weight is 442 g/mol. The van der Waals surface area contributed by atoms with Gasteiger partial charge in [0.2, 0.25) is 5.91 Å². The second-order valence-corrected chi connectivity index (χ2v) is 8.18. The number of nitrogens with one attached hydrogen (secondary N) is 2. The maximum atomic E-state index is 13.2. The number of rotatable bonds is 4. The van der Waals surface area contributed by atoms with Crippen LogP contribution in [0.2, 0.25) is 0 Å². The highest BCUT2D eigenvalue weighted by Gasteiger charge is 2.32. The molecule has 3 rings (SSSR count). The monoisotopic (exact) mass is 442 g/mol. The van der Waals surface area contributed by atoms with E-state index in [4.69, 9.17) is 4.74 Å². The van der Waals surface area contributed by atoms with Crippen molar-refractivity contribution in [3.05, 3.63) is 23.8 Å². The molecule has 0 bridgehead atoms. The van der Waals surface area contributed by atoms with Gasteiger partial charge in [0, 0.05) is 38.1 Å². The molecule has 2 aliphatic rings. The van der Waals surface area contributed by atoms with Crippen molar-refractivity contribution in [2.45, 2.75) is 38.9 Å². The Kier molecular flexibility index (Phi) is 7.30. The highest BCUT2D eigenvalue weighted by Crippen LogP contribution is 2.35. The van der Waals surface area contributed by atoms with E-state index in [1.54, 1.807) is 4.90 Å². The Balaban J connectivity index is 1.66. The largest absolute Gasteiger partial charge is 0.416 e. The van der Waals surface area contributed by atoms with E-state index in [1.807, 2.05) is 18.7 Å². The van der Waals surface area contributed by atoms with Crippen LogP contribution < -0.4 is 15.5 Å². The van der Waals surface area contributed by atoms with E-state index in [0.29, 0.717) is 57.9 Å². The van der Waals surface area contributed by atoms with Gasteiger partial charge >= 0.3 is 12.2 Å². The third-order valence-corrected chi connectivity index (χ3v) is 5.56. The highest BCUT2D eigenvalue weighted by atomic mass is 19.4. The number of benzene rings is 1. The summed E-state index contributed by atoms with van der Waals surface area (Å²) in [6.45, 7) is 6.80. The van der Waals surface area contributed by atoms with Crippen molar-refractivity contribution in [2.75, 3.05) is 49.6 Å². The van der Waals surface area contributed by atoms with Crippen LogP contribution in [0.25, 0.3) is 0 Å². The Labute approximate surface area is 179 Å². The molecule has 2 aliphatic heterocycles. The molecule has 1 aromatic carbocycles. The average Bonchev–Trinajstić information content (AvgIpc) is 2.73. The van der Waals surface area contributed by atoms with Crippen molar-refractivity contribution >= 4 is 23.3 Å². The van der Waals surface area contributed by atoms with E-state index in [-0.39, 0.29) is 23.6 Å². The van der Waals surface area contributed by atoms with E-state index >= 15 is 0 Å². The lowest BCUT2D eigenvalue weighted by Crippen LogP contribution is -2.48. The summed E-state index contributed by atoms with van der Waals surface area (Å²) in [6, 6.07) is 2.68. The summed E-state index contributed by atoms with van der Waals surface area (Å²) in [5.74, 6) is 0.00865. The van der Waals surface area contributed by atoms with Gasteiger partial charge in [0.1, 0.15) is 0 Å². The van der Waals surface area contributed by atoms with Gasteiger partial charge in [-0.2, -0.15) is 13.2 Å². The number of ether oxygens (including phenoxy) is 1. The normalized spacial score (nSPS) is 18.3. The molecular weight excluding hydrogens is 413 g/mol. The first kappa shape index (κ1) is 23.2. The van der Waals surface area contributed by atoms with E-state index in [2.05, 4.69) is 10.6 Å². The van der Waals surface area contributed by atoms with Gasteiger partial charge in [-0.05, 0) is 31.0 Å². The Bertz CT molecular complexity index is 787. The minimum Gasteiger partial charge on any atom is -0.378 e. The smallest absolute Gasteiger partial charge is 0.378 e. The van der Waals surface area contributed by atoms with Gasteiger partial charge in [-0.1, -0.05) is 13.8 Å². The zero-order valence-corrected chi connectivity index (χ0v) is 17.8. The number of hydrogen-bond acceptors (Lipinski definition) is 4. The molecule has 0 spiro atoms. The summed E-state index contributed by atoms with van der Waals surface area (Å²) >= 11 is 0. The van der Waals surface area contributed by atoms with Crippen LogP contribution in [0.5, 0.6) is 0 Å². The lowest BCUT2D eigenvalue weighted by molar-refractivity contribution is -0.137. The number of amides is 3. The molecule has 0 aliphatic carbocycles. The van der Waals surface area contributed by atoms with Crippen LogP contribution in [-0.4, -0.2) is 62.3 Å². The standard InChI is InChI=1S/C21H29F3N4O3/c1-14(2)19(29)28-7-5-16(6-8-28)25-20(30)26-17-13-15(21(22,23)24)3-4-18(17)27-9-11-31-12-10-27/h3-4,13-14,16H,5-12H2,1-2H3,(H2,25,26,30). The van der Waals surface area contributed by atoms with Crippen molar-refractivity contribution < 1.29 is 27.5 Å². The number of urea groups is 1. The fraction of sp³-hybridized carbons (Fsp3) is 0.619. The first-order chi connectivity index (χ1) is 14.6. The van der Waals surface area contributed by atoms with Crippen molar-refractivity contribution in [1.82, 2.24) is 10.2 Å². The second-order valence-electron chi connectivity index (χ2n) is 8.18. The predicted octanol–water partition coefficient (Wildman–Crippen LogP) is 3.31. The number of piperidine rings is 1. The first-order valence-corrected chi connectivity index (χ1v) is 10.6. The summed E-state index contributed by atoms with van der Waals surface area (Å²) in [7, 11) is 0. The Morgan fingerprint density at radius 3 is 2.32 bits per heavy atom. The van der Waals surface area contributed by atoms with Crippen LogP contribution in [0.15, 0.2) is 18.2 Å². The second kappa shape index (κ2) is 9.76. The molecule has 172 valence electrons. The fourth-order valence-electron chi connectivity index (χ4n) is 3.85. The van der Waals surface area contributed by atoms with Crippen LogP contribution in [0.4, 0.5) is 29.3 Å².